The summed E-state index contributed by atoms with van der Waals surface area (Å²) in [5, 5.41) is 9.08. The summed E-state index contributed by atoms with van der Waals surface area (Å²) >= 11 is 0. The van der Waals surface area contributed by atoms with E-state index < -0.39 is 0 Å². The van der Waals surface area contributed by atoms with Crippen molar-refractivity contribution in [2.75, 3.05) is 0 Å². The second kappa shape index (κ2) is 17.6. The van der Waals surface area contributed by atoms with Gasteiger partial charge in [-0.05, 0) is 89.9 Å². The Balaban J connectivity index is 1.06. The van der Waals surface area contributed by atoms with Gasteiger partial charge in [0.2, 0.25) is 11.9 Å². The van der Waals surface area contributed by atoms with E-state index in [9.17, 15) is 0 Å². The maximum Gasteiger partial charge on any atom is 0.240 e. The highest BCUT2D eigenvalue weighted by atomic mass is 15.3. The van der Waals surface area contributed by atoms with Crippen LogP contribution in [0.25, 0.3) is 139 Å². The van der Waals surface area contributed by atoms with Gasteiger partial charge in [0, 0.05) is 60.0 Å². The summed E-state index contributed by atoms with van der Waals surface area (Å²) < 4.78 is 9.38. The van der Waals surface area contributed by atoms with Crippen molar-refractivity contribution < 1.29 is 0 Å². The second-order valence-corrected chi connectivity index (χ2v) is 19.6. The van der Waals surface area contributed by atoms with Crippen LogP contribution < -0.4 is 0 Å². The second-order valence-electron chi connectivity index (χ2n) is 19.6. The van der Waals surface area contributed by atoms with Crippen molar-refractivity contribution in [3.63, 3.8) is 0 Å². The molecule has 15 rings (SSSR count). The molecule has 5 heterocycles. The van der Waals surface area contributed by atoms with Gasteiger partial charge in [0.15, 0.2) is 5.82 Å². The lowest BCUT2D eigenvalue weighted by Crippen LogP contribution is -2.10. The summed E-state index contributed by atoms with van der Waals surface area (Å²) in [6.45, 7) is 6.08. The van der Waals surface area contributed by atoms with E-state index in [-0.39, 0.29) is 0 Å². The molecule has 0 spiro atoms. The Morgan fingerprint density at radius 1 is 0.377 bits per heavy atom. The van der Waals surface area contributed by atoms with Crippen LogP contribution in [0, 0.1) is 0 Å². The summed E-state index contributed by atoms with van der Waals surface area (Å²) in [5.74, 6) is 1.61. The van der Waals surface area contributed by atoms with Crippen molar-refractivity contribution in [1.29, 1.82) is 0 Å². The Morgan fingerprint density at radius 3 is 1.47 bits per heavy atom. The lowest BCUT2D eigenvalue weighted by molar-refractivity contribution is 0.893. The van der Waals surface area contributed by atoms with Gasteiger partial charge in [0.05, 0.1) is 44.1 Å². The van der Waals surface area contributed by atoms with Gasteiger partial charge in [-0.15, -0.1) is 0 Å². The highest BCUT2D eigenvalue weighted by Crippen LogP contribution is 2.45. The van der Waals surface area contributed by atoms with Crippen LogP contribution in [0.5, 0.6) is 0 Å². The lowest BCUT2D eigenvalue weighted by atomic mass is 9.97. The first-order valence-corrected chi connectivity index (χ1v) is 26.1. The molecule has 0 saturated heterocycles. The Hall–Kier alpha value is -10.4. The van der Waals surface area contributed by atoms with Crippen LogP contribution in [0.15, 0.2) is 261 Å². The fraction of sp³-hybridized carbons (Fsp3) is 0.0143. The third-order valence-corrected chi connectivity index (χ3v) is 15.3. The minimum Gasteiger partial charge on any atom is -0.308 e. The highest BCUT2D eigenvalue weighted by molar-refractivity contribution is 6.27. The Kier molecular flexibility index (Phi) is 10.1. The van der Waals surface area contributed by atoms with Crippen molar-refractivity contribution in [2.45, 2.75) is 6.92 Å². The van der Waals surface area contributed by atoms with Gasteiger partial charge < -0.3 is 9.13 Å². The van der Waals surface area contributed by atoms with E-state index in [4.69, 9.17) is 15.0 Å². The molecule has 362 valence electrons. The summed E-state index contributed by atoms with van der Waals surface area (Å²) in [5.41, 5.74) is 15.9. The molecule has 0 amide bonds. The minimum atomic E-state index is 0.517. The number of para-hydroxylation sites is 5. The normalized spacial score (nSPS) is 12.3. The van der Waals surface area contributed by atoms with E-state index in [1.807, 2.05) is 30.4 Å². The first-order chi connectivity index (χ1) is 38.1. The van der Waals surface area contributed by atoms with E-state index >= 15 is 0 Å². The van der Waals surface area contributed by atoms with Gasteiger partial charge in [0.25, 0.3) is 0 Å². The maximum absolute atomic E-state index is 5.69. The van der Waals surface area contributed by atoms with Crippen LogP contribution in [-0.4, -0.2) is 33.2 Å². The molecule has 5 aromatic heterocycles. The Bertz CT molecular complexity index is 4930. The molecule has 0 atom stereocenters. The van der Waals surface area contributed by atoms with Gasteiger partial charge in [-0.2, -0.15) is 15.0 Å². The molecule has 77 heavy (non-hydrogen) atoms. The van der Waals surface area contributed by atoms with Crippen LogP contribution in [0.2, 0.25) is 0 Å². The number of fused-ring (bicyclic) bond motifs is 14. The fourth-order valence-electron chi connectivity index (χ4n) is 12.1. The summed E-state index contributed by atoms with van der Waals surface area (Å²) in [6.07, 6.45) is 8.14. The quantitative estimate of drug-likeness (QED) is 0.135. The predicted molar refractivity (Wildman–Crippen MR) is 321 cm³/mol. The largest absolute Gasteiger partial charge is 0.308 e. The highest BCUT2D eigenvalue weighted by Gasteiger charge is 2.26. The Morgan fingerprint density at radius 2 is 0.857 bits per heavy atom. The summed E-state index contributed by atoms with van der Waals surface area (Å²) in [7, 11) is 0. The maximum atomic E-state index is 5.69. The molecule has 0 fully saturated rings. The van der Waals surface area contributed by atoms with Gasteiger partial charge >= 0.3 is 0 Å². The smallest absolute Gasteiger partial charge is 0.240 e. The van der Waals surface area contributed by atoms with Crippen molar-refractivity contribution in [3.05, 3.63) is 267 Å². The molecule has 0 bridgehead atoms. The predicted octanol–water partition coefficient (Wildman–Crippen LogP) is 17.7. The van der Waals surface area contributed by atoms with Crippen LogP contribution in [-0.2, 0) is 0 Å². The monoisotopic (exact) mass is 985 g/mol. The topological polar surface area (TPSA) is 58.4 Å². The molecular formula is C70H47N7. The van der Waals surface area contributed by atoms with Gasteiger partial charge in [-0.1, -0.05) is 201 Å². The molecule has 7 heteroatoms. The molecule has 0 aliphatic rings. The average Bonchev–Trinajstić information content (AvgIpc) is 4.27. The number of benzene rings is 10. The molecular weight excluding hydrogens is 939 g/mol. The van der Waals surface area contributed by atoms with E-state index in [2.05, 4.69) is 256 Å². The number of nitrogens with zero attached hydrogens (tertiary/aromatic N) is 7. The third kappa shape index (κ3) is 6.80. The van der Waals surface area contributed by atoms with Crippen LogP contribution >= 0.6 is 0 Å². The number of aromatic nitrogens is 7. The minimum absolute atomic E-state index is 0.517. The first kappa shape index (κ1) is 44.1. The summed E-state index contributed by atoms with van der Waals surface area (Å²) in [4.78, 5) is 16.7. The van der Waals surface area contributed by atoms with Gasteiger partial charge in [-0.25, -0.2) is 0 Å². The standard InChI is InChI=1S/C70H47N7/c1-3-5-23-45(4-2)48-42-49(46-24-9-6-10-25-46)44-51(43-48)75-60-35-20-15-30-52(60)55-40-41-63-64(65(55)75)58-33-18-22-37-62(58)76(63)69-71-68(47-26-11-7-12-27-47)72-70(73-69)77-61-36-21-17-32-54(61)57-39-38-56-53-31-16-19-34-59(53)74(66(56)67(57)77)50-28-13-8-14-29-50/h3-44H,1H2,2H3/b23-5-,45-4+. The molecule has 0 saturated carbocycles. The lowest BCUT2D eigenvalue weighted by Gasteiger charge is -2.15. The number of hydrogen-bond acceptors (Lipinski definition) is 3. The van der Waals surface area contributed by atoms with Gasteiger partial charge in [0.1, 0.15) is 0 Å². The first-order valence-electron chi connectivity index (χ1n) is 26.1. The Labute approximate surface area is 443 Å². The van der Waals surface area contributed by atoms with Crippen molar-refractivity contribution in [2.24, 2.45) is 0 Å². The zero-order valence-corrected chi connectivity index (χ0v) is 42.1. The van der Waals surface area contributed by atoms with Gasteiger partial charge in [-0.3, -0.25) is 9.13 Å². The zero-order valence-electron chi connectivity index (χ0n) is 42.1. The van der Waals surface area contributed by atoms with Crippen LogP contribution in [0.3, 0.4) is 0 Å². The zero-order chi connectivity index (χ0) is 51.1. The molecule has 0 radical (unpaired) electrons. The van der Waals surface area contributed by atoms with E-state index in [0.29, 0.717) is 17.7 Å². The molecule has 0 unspecified atom stereocenters. The van der Waals surface area contributed by atoms with Crippen LogP contribution in [0.1, 0.15) is 12.5 Å². The van der Waals surface area contributed by atoms with Crippen LogP contribution in [0.4, 0.5) is 0 Å². The average molecular weight is 986 g/mol. The number of allylic oxidation sites excluding steroid dienone is 5. The third-order valence-electron chi connectivity index (χ3n) is 15.3. The van der Waals surface area contributed by atoms with Crippen molar-refractivity contribution in [1.82, 2.24) is 33.2 Å². The fourth-order valence-corrected chi connectivity index (χ4v) is 12.1. The van der Waals surface area contributed by atoms with Crippen molar-refractivity contribution >= 4 is 92.8 Å². The van der Waals surface area contributed by atoms with Crippen molar-refractivity contribution in [3.8, 4) is 45.8 Å². The molecule has 0 aliphatic heterocycles. The SMILES string of the molecule is C=C/C=C\C(=C/C)c1cc(-c2ccccc2)cc(-n2c3ccccc3c3ccc4c(c5ccccc5n4-c4nc(-c5ccccc5)nc(-n5c6ccccc6c6ccc7c8ccccc8n(-c8ccccc8)c7c65)n4)c32)c1. The number of rotatable bonds is 9. The molecule has 7 nitrogen and oxygen atoms in total. The van der Waals surface area contributed by atoms with E-state index in [1.54, 1.807) is 0 Å². The summed E-state index contributed by atoms with van der Waals surface area (Å²) in [6, 6.07) is 82.4. The van der Waals surface area contributed by atoms with E-state index in [1.165, 1.54) is 10.8 Å². The molecule has 15 aromatic rings. The molecule has 10 aromatic carbocycles. The number of hydrogen-bond donors (Lipinski definition) is 0. The van der Waals surface area contributed by atoms with E-state index in [0.717, 1.165) is 116 Å². The molecule has 0 aliphatic carbocycles. The molecule has 0 N–H and O–H groups in total.